The van der Waals surface area contributed by atoms with Gasteiger partial charge in [-0.15, -0.1) is 0 Å². The van der Waals surface area contributed by atoms with E-state index >= 15 is 0 Å². The number of aromatic hydroxyl groups is 1. The summed E-state index contributed by atoms with van der Waals surface area (Å²) in [7, 11) is 3.47. The lowest BCUT2D eigenvalue weighted by atomic mass is 10.0. The maximum absolute atomic E-state index is 10.4. The van der Waals surface area contributed by atoms with E-state index < -0.39 is 0 Å². The number of phenolic OH excluding ortho intramolecular Hbond substituents is 1. The van der Waals surface area contributed by atoms with Crippen molar-refractivity contribution in [1.29, 1.82) is 0 Å². The van der Waals surface area contributed by atoms with E-state index in [1.807, 2.05) is 12.1 Å². The van der Waals surface area contributed by atoms with Crippen LogP contribution in [0.2, 0.25) is 0 Å². The minimum Gasteiger partial charge on any atom is -0.508 e. The van der Waals surface area contributed by atoms with E-state index in [0.717, 1.165) is 55.0 Å². The van der Waals surface area contributed by atoms with Gasteiger partial charge in [0.15, 0.2) is 0 Å². The normalized spacial score (nSPS) is 16.1. The predicted molar refractivity (Wildman–Crippen MR) is 121 cm³/mol. The highest BCUT2D eigenvalue weighted by Gasteiger charge is 2.18. The summed E-state index contributed by atoms with van der Waals surface area (Å²) in [6.45, 7) is 10.9. The predicted octanol–water partition coefficient (Wildman–Crippen LogP) is 5.78. The molecule has 1 N–H and O–H groups in total. The van der Waals surface area contributed by atoms with Gasteiger partial charge in [-0.2, -0.15) is 0 Å². The third kappa shape index (κ3) is 5.39. The number of phenols is 1. The van der Waals surface area contributed by atoms with E-state index in [-0.39, 0.29) is 0 Å². The van der Waals surface area contributed by atoms with Crippen LogP contribution in [0.25, 0.3) is 10.4 Å². The molecule has 1 saturated heterocycles. The molecular weight excluding hydrogens is 392 g/mol. The Morgan fingerprint density at radius 3 is 2.48 bits per heavy atom. The largest absolute Gasteiger partial charge is 0.508 e. The van der Waals surface area contributed by atoms with E-state index in [2.05, 4.69) is 29.7 Å². The van der Waals surface area contributed by atoms with Crippen LogP contribution in [0.3, 0.4) is 0 Å². The Morgan fingerprint density at radius 1 is 1.04 bits per heavy atom. The first-order valence-corrected chi connectivity index (χ1v) is 12.6. The third-order valence-electron chi connectivity index (χ3n) is 5.25. The molecule has 1 aliphatic rings. The number of benzene rings is 1. The van der Waals surface area contributed by atoms with Crippen molar-refractivity contribution in [1.82, 2.24) is 9.80 Å². The zero-order chi connectivity index (χ0) is 19.2. The number of piperazine rings is 1. The topological polar surface area (TPSA) is 26.7 Å². The van der Waals surface area contributed by atoms with Gasteiger partial charge in [0.1, 0.15) is 9.57 Å². The van der Waals surface area contributed by atoms with Gasteiger partial charge in [-0.3, -0.25) is 4.90 Å². The number of unbranched alkanes of at least 4 members (excludes halogenated alkanes) is 1. The molecule has 0 spiro atoms. The molecule has 0 saturated carbocycles. The van der Waals surface area contributed by atoms with Crippen LogP contribution in [0.4, 0.5) is 0 Å². The van der Waals surface area contributed by atoms with Crippen LogP contribution in [-0.2, 0) is 13.0 Å². The highest BCUT2D eigenvalue weighted by molar-refractivity contribution is 7.80. The smallest absolute Gasteiger partial charge is 0.120 e. The van der Waals surface area contributed by atoms with Crippen molar-refractivity contribution < 1.29 is 5.11 Å². The van der Waals surface area contributed by atoms with Gasteiger partial charge in [0, 0.05) is 38.3 Å². The van der Waals surface area contributed by atoms with Crippen molar-refractivity contribution in [3.8, 4) is 16.2 Å². The van der Waals surface area contributed by atoms with Crippen molar-refractivity contribution in [3.05, 3.63) is 33.1 Å². The maximum Gasteiger partial charge on any atom is 0.120 e. The minimum absolute atomic E-state index is 0.406. The number of rotatable bonds is 8. The van der Waals surface area contributed by atoms with Crippen molar-refractivity contribution in [2.45, 2.75) is 46.1 Å². The molecule has 0 aliphatic carbocycles. The Morgan fingerprint density at radius 2 is 1.78 bits per heavy atom. The summed E-state index contributed by atoms with van der Waals surface area (Å²) in [5.41, 5.74) is 3.54. The first-order chi connectivity index (χ1) is 13.1. The van der Waals surface area contributed by atoms with Gasteiger partial charge in [-0.1, -0.05) is 59.6 Å². The molecule has 0 bridgehead atoms. The molecule has 2 aromatic rings. The van der Waals surface area contributed by atoms with Crippen molar-refractivity contribution in [2.24, 2.45) is 0 Å². The fraction of sp³-hybridized carbons (Fsp3) is 0.571. The van der Waals surface area contributed by atoms with E-state index in [0.29, 0.717) is 5.75 Å². The van der Waals surface area contributed by atoms with Crippen molar-refractivity contribution >= 4 is 32.9 Å². The lowest BCUT2D eigenvalue weighted by molar-refractivity contribution is 0.125. The summed E-state index contributed by atoms with van der Waals surface area (Å²) in [5, 5.41) is 10.4. The number of nitrogens with zero attached hydrogens (tertiary/aromatic N) is 2. The lowest BCUT2D eigenvalue weighted by Crippen LogP contribution is -2.46. The van der Waals surface area contributed by atoms with Crippen LogP contribution in [0.1, 0.15) is 44.2 Å². The SMILES string of the molecule is CCCCN1CCN(Cc2cc(-c3ssc(=S)c3CCC)ccc2O)CC1. The molecule has 3 nitrogen and oxygen atoms in total. The second kappa shape index (κ2) is 10.1. The van der Waals surface area contributed by atoms with Gasteiger partial charge < -0.3 is 10.0 Å². The molecule has 0 amide bonds. The molecule has 148 valence electrons. The summed E-state index contributed by atoms with van der Waals surface area (Å²) in [4.78, 5) is 6.31. The molecule has 0 unspecified atom stereocenters. The second-order valence-electron chi connectivity index (χ2n) is 7.33. The molecule has 6 heteroatoms. The Bertz CT molecular complexity index is 791. The highest BCUT2D eigenvalue weighted by atomic mass is 32.9. The summed E-state index contributed by atoms with van der Waals surface area (Å²) in [6.07, 6.45) is 4.68. The fourth-order valence-corrected chi connectivity index (χ4v) is 6.61. The monoisotopic (exact) mass is 422 g/mol. The molecule has 0 atom stereocenters. The molecule has 1 aromatic heterocycles. The van der Waals surface area contributed by atoms with E-state index in [9.17, 15) is 5.11 Å². The lowest BCUT2D eigenvalue weighted by Gasteiger charge is -2.34. The van der Waals surface area contributed by atoms with Crippen LogP contribution >= 0.6 is 32.9 Å². The van der Waals surface area contributed by atoms with Crippen LogP contribution in [-0.4, -0.2) is 47.6 Å². The molecule has 1 fully saturated rings. The first-order valence-electron chi connectivity index (χ1n) is 10.0. The Kier molecular flexibility index (Phi) is 7.85. The van der Waals surface area contributed by atoms with Crippen LogP contribution in [0, 0.1) is 3.82 Å². The number of hydrogen-bond acceptors (Lipinski definition) is 6. The summed E-state index contributed by atoms with van der Waals surface area (Å²) in [5.74, 6) is 0.406. The molecular formula is C21H30N2OS3. The molecule has 3 rings (SSSR count). The van der Waals surface area contributed by atoms with Gasteiger partial charge in [0.2, 0.25) is 0 Å². The van der Waals surface area contributed by atoms with Gasteiger partial charge in [-0.05, 0) is 48.7 Å². The average Bonchev–Trinajstić information content (AvgIpc) is 3.04. The first kappa shape index (κ1) is 20.9. The van der Waals surface area contributed by atoms with E-state index in [1.54, 1.807) is 20.7 Å². The summed E-state index contributed by atoms with van der Waals surface area (Å²) in [6, 6.07) is 6.06. The molecule has 27 heavy (non-hydrogen) atoms. The molecule has 0 radical (unpaired) electrons. The molecule has 1 aliphatic heterocycles. The summed E-state index contributed by atoms with van der Waals surface area (Å²) >= 11 is 5.54. The highest BCUT2D eigenvalue weighted by Crippen LogP contribution is 2.37. The van der Waals surface area contributed by atoms with Gasteiger partial charge in [0.25, 0.3) is 0 Å². The fourth-order valence-electron chi connectivity index (χ4n) is 3.61. The zero-order valence-corrected chi connectivity index (χ0v) is 18.8. The Labute approximate surface area is 175 Å². The van der Waals surface area contributed by atoms with Gasteiger partial charge in [-0.25, -0.2) is 0 Å². The Balaban J connectivity index is 1.71. The maximum atomic E-state index is 10.4. The quantitative estimate of drug-likeness (QED) is 0.431. The minimum atomic E-state index is 0.406. The molecule has 2 heterocycles. The average molecular weight is 423 g/mol. The van der Waals surface area contributed by atoms with Crippen molar-refractivity contribution in [2.75, 3.05) is 32.7 Å². The molecule has 1 aromatic carbocycles. The Hall–Kier alpha value is -0.790. The standard InChI is InChI=1S/C21H30N2OS3/c1-3-5-9-22-10-12-23(13-11-22)15-17-14-16(7-8-19(17)24)20-18(6-4-2)21(25)27-26-20/h7-8,14,24H,3-6,9-13,15H2,1-2H3. The van der Waals surface area contributed by atoms with E-state index in [1.165, 1.54) is 35.4 Å². The van der Waals surface area contributed by atoms with Gasteiger partial charge >= 0.3 is 0 Å². The van der Waals surface area contributed by atoms with Crippen LogP contribution in [0.15, 0.2) is 18.2 Å². The summed E-state index contributed by atoms with van der Waals surface area (Å²) < 4.78 is 1.02. The third-order valence-corrected chi connectivity index (χ3v) is 8.44. The van der Waals surface area contributed by atoms with Crippen LogP contribution in [0.5, 0.6) is 5.75 Å². The van der Waals surface area contributed by atoms with Crippen LogP contribution < -0.4 is 0 Å². The number of hydrogen-bond donors (Lipinski definition) is 1. The van der Waals surface area contributed by atoms with Crippen molar-refractivity contribution in [3.63, 3.8) is 0 Å². The zero-order valence-electron chi connectivity index (χ0n) is 16.4. The van der Waals surface area contributed by atoms with Gasteiger partial charge in [0.05, 0.1) is 4.88 Å². The van der Waals surface area contributed by atoms with E-state index in [4.69, 9.17) is 12.2 Å². The second-order valence-corrected chi connectivity index (χ2v) is 10.1.